The molecule has 7 heteroatoms. The first-order valence-corrected chi connectivity index (χ1v) is 6.60. The maximum Gasteiger partial charge on any atom is 0.405 e. The molecule has 0 aliphatic rings. The van der Waals surface area contributed by atoms with Gasteiger partial charge in [-0.2, -0.15) is 13.2 Å². The molecule has 0 bridgehead atoms. The van der Waals surface area contributed by atoms with Crippen molar-refractivity contribution in [1.82, 2.24) is 4.98 Å². The molecule has 2 aromatic rings. The van der Waals surface area contributed by atoms with Crippen molar-refractivity contribution in [3.8, 4) is 0 Å². The number of thiazole rings is 1. The molecule has 0 saturated carbocycles. The lowest BCUT2D eigenvalue weighted by atomic mass is 10.2. The fraction of sp³-hybridized carbons (Fsp3) is 0.417. The van der Waals surface area contributed by atoms with Gasteiger partial charge in [-0.1, -0.05) is 0 Å². The van der Waals surface area contributed by atoms with E-state index in [4.69, 9.17) is 5.73 Å². The second-order valence-corrected chi connectivity index (χ2v) is 5.48. The molecule has 0 saturated heterocycles. The van der Waals surface area contributed by atoms with Crippen molar-refractivity contribution in [1.29, 1.82) is 0 Å². The quantitative estimate of drug-likeness (QED) is 0.878. The van der Waals surface area contributed by atoms with Crippen LogP contribution in [0.25, 0.3) is 10.2 Å². The molecular formula is C12H14F3N3S. The van der Waals surface area contributed by atoms with Crippen LogP contribution in [0.3, 0.4) is 0 Å². The Morgan fingerprint density at radius 3 is 2.63 bits per heavy atom. The van der Waals surface area contributed by atoms with Crippen molar-refractivity contribution >= 4 is 32.9 Å². The smallest absolute Gasteiger partial charge is 0.397 e. The highest BCUT2D eigenvalue weighted by atomic mass is 32.1. The molecule has 0 fully saturated rings. The Morgan fingerprint density at radius 2 is 2.05 bits per heavy atom. The van der Waals surface area contributed by atoms with Crippen molar-refractivity contribution in [2.45, 2.75) is 20.0 Å². The molecule has 0 radical (unpaired) electrons. The highest BCUT2D eigenvalue weighted by Gasteiger charge is 2.31. The summed E-state index contributed by atoms with van der Waals surface area (Å²) in [6.45, 7) is 2.75. The Balaban J connectivity index is 2.44. The van der Waals surface area contributed by atoms with E-state index in [0.29, 0.717) is 16.9 Å². The van der Waals surface area contributed by atoms with Gasteiger partial charge >= 0.3 is 6.18 Å². The zero-order valence-corrected chi connectivity index (χ0v) is 11.4. The molecule has 0 aliphatic heterocycles. The van der Waals surface area contributed by atoms with Gasteiger partial charge in [0.05, 0.1) is 26.6 Å². The summed E-state index contributed by atoms with van der Waals surface area (Å²) in [4.78, 5) is 5.49. The number of nitrogens with two attached hydrogens (primary N) is 1. The lowest BCUT2D eigenvalue weighted by Gasteiger charge is -2.25. The minimum Gasteiger partial charge on any atom is -0.397 e. The molecular weight excluding hydrogens is 275 g/mol. The molecule has 2 N–H and O–H groups in total. The number of aromatic nitrogens is 1. The summed E-state index contributed by atoms with van der Waals surface area (Å²) >= 11 is 1.48. The van der Waals surface area contributed by atoms with E-state index in [-0.39, 0.29) is 6.54 Å². The zero-order chi connectivity index (χ0) is 14.2. The lowest BCUT2D eigenvalue weighted by molar-refractivity contribution is -0.119. The number of rotatable bonds is 3. The molecule has 0 unspecified atom stereocenters. The second kappa shape index (κ2) is 4.88. The average molecular weight is 289 g/mol. The molecule has 0 amide bonds. The molecule has 0 spiro atoms. The molecule has 19 heavy (non-hydrogen) atoms. The van der Waals surface area contributed by atoms with Gasteiger partial charge in [-0.15, -0.1) is 11.3 Å². The van der Waals surface area contributed by atoms with Crippen LogP contribution in [0.4, 0.5) is 24.5 Å². The maximum absolute atomic E-state index is 12.5. The van der Waals surface area contributed by atoms with Crippen molar-refractivity contribution in [3.63, 3.8) is 0 Å². The third kappa shape index (κ3) is 3.09. The van der Waals surface area contributed by atoms with Crippen molar-refractivity contribution in [3.05, 3.63) is 17.1 Å². The second-order valence-electron chi connectivity index (χ2n) is 4.24. The Morgan fingerprint density at radius 1 is 1.37 bits per heavy atom. The highest BCUT2D eigenvalue weighted by Crippen LogP contribution is 2.33. The van der Waals surface area contributed by atoms with Crippen LogP contribution >= 0.6 is 11.3 Å². The van der Waals surface area contributed by atoms with Gasteiger partial charge in [-0.3, -0.25) is 0 Å². The number of anilines is 2. The molecule has 104 valence electrons. The number of hydrogen-bond donors (Lipinski definition) is 1. The standard InChI is InChI=1S/C12H14F3N3S/c1-3-18(6-12(13,14)15)10-5-9-11(4-8(10)16)19-7(2)17-9/h4-5H,3,6,16H2,1-2H3. The third-order valence-corrected chi connectivity index (χ3v) is 3.67. The fourth-order valence-corrected chi connectivity index (χ4v) is 2.81. The molecule has 1 aromatic heterocycles. The fourth-order valence-electron chi connectivity index (χ4n) is 1.95. The third-order valence-electron chi connectivity index (χ3n) is 2.74. The number of aryl methyl sites for hydroxylation is 1. The van der Waals surface area contributed by atoms with Crippen LogP contribution in [0.15, 0.2) is 12.1 Å². The Bertz CT molecular complexity index is 592. The number of benzene rings is 1. The van der Waals surface area contributed by atoms with E-state index in [0.717, 1.165) is 9.71 Å². The summed E-state index contributed by atoms with van der Waals surface area (Å²) < 4.78 is 38.5. The summed E-state index contributed by atoms with van der Waals surface area (Å²) in [5.41, 5.74) is 7.28. The normalized spacial score (nSPS) is 12.1. The van der Waals surface area contributed by atoms with Gasteiger partial charge in [0.2, 0.25) is 0 Å². The average Bonchev–Trinajstić information content (AvgIpc) is 2.63. The molecule has 2 rings (SSSR count). The number of alkyl halides is 3. The number of nitrogen functional groups attached to an aromatic ring is 1. The van der Waals surface area contributed by atoms with Gasteiger partial charge in [0.15, 0.2) is 0 Å². The topological polar surface area (TPSA) is 42.2 Å². The van der Waals surface area contributed by atoms with Gasteiger partial charge in [-0.05, 0) is 26.0 Å². The number of fused-ring (bicyclic) bond motifs is 1. The maximum atomic E-state index is 12.5. The van der Waals surface area contributed by atoms with Crippen LogP contribution in [-0.2, 0) is 0 Å². The predicted molar refractivity (Wildman–Crippen MR) is 72.7 cm³/mol. The van der Waals surface area contributed by atoms with E-state index in [9.17, 15) is 13.2 Å². The molecule has 1 aromatic carbocycles. The number of halogens is 3. The summed E-state index contributed by atoms with van der Waals surface area (Å²) in [5, 5.41) is 0.866. The summed E-state index contributed by atoms with van der Waals surface area (Å²) in [6.07, 6.45) is -4.25. The van der Waals surface area contributed by atoms with Crippen molar-refractivity contribution < 1.29 is 13.2 Å². The monoisotopic (exact) mass is 289 g/mol. The predicted octanol–water partition coefficient (Wildman–Crippen LogP) is 3.58. The highest BCUT2D eigenvalue weighted by molar-refractivity contribution is 7.18. The number of nitrogens with zero attached hydrogens (tertiary/aromatic N) is 2. The summed E-state index contributed by atoms with van der Waals surface area (Å²) in [6, 6.07) is 3.32. The summed E-state index contributed by atoms with van der Waals surface area (Å²) in [5.74, 6) is 0. The van der Waals surface area contributed by atoms with E-state index < -0.39 is 12.7 Å². The Labute approximate surface area is 112 Å². The van der Waals surface area contributed by atoms with Gasteiger partial charge < -0.3 is 10.6 Å². The van der Waals surface area contributed by atoms with Gasteiger partial charge in [0.25, 0.3) is 0 Å². The largest absolute Gasteiger partial charge is 0.405 e. The SMILES string of the molecule is CCN(CC(F)(F)F)c1cc2nc(C)sc2cc1N. The first-order valence-electron chi connectivity index (χ1n) is 5.78. The van der Waals surface area contributed by atoms with Gasteiger partial charge in [-0.25, -0.2) is 4.98 Å². The van der Waals surface area contributed by atoms with E-state index in [1.54, 1.807) is 19.1 Å². The van der Waals surface area contributed by atoms with Gasteiger partial charge in [0, 0.05) is 6.54 Å². The lowest BCUT2D eigenvalue weighted by Crippen LogP contribution is -2.34. The molecule has 0 atom stereocenters. The first-order chi connectivity index (χ1) is 8.80. The number of hydrogen-bond acceptors (Lipinski definition) is 4. The van der Waals surface area contributed by atoms with E-state index >= 15 is 0 Å². The minimum atomic E-state index is -4.25. The van der Waals surface area contributed by atoms with Crippen molar-refractivity contribution in [2.75, 3.05) is 23.7 Å². The van der Waals surface area contributed by atoms with Crippen LogP contribution in [-0.4, -0.2) is 24.2 Å². The van der Waals surface area contributed by atoms with Crippen LogP contribution in [0.1, 0.15) is 11.9 Å². The van der Waals surface area contributed by atoms with Crippen LogP contribution in [0.2, 0.25) is 0 Å². The van der Waals surface area contributed by atoms with Crippen LogP contribution in [0.5, 0.6) is 0 Å². The van der Waals surface area contributed by atoms with E-state index in [1.807, 2.05) is 6.92 Å². The Hall–Kier alpha value is -1.50. The minimum absolute atomic E-state index is 0.234. The summed E-state index contributed by atoms with van der Waals surface area (Å²) in [7, 11) is 0. The molecule has 3 nitrogen and oxygen atoms in total. The van der Waals surface area contributed by atoms with Gasteiger partial charge in [0.1, 0.15) is 6.54 Å². The van der Waals surface area contributed by atoms with Crippen LogP contribution in [0, 0.1) is 6.92 Å². The molecule has 1 heterocycles. The van der Waals surface area contributed by atoms with E-state index in [2.05, 4.69) is 4.98 Å². The molecule has 0 aliphatic carbocycles. The first kappa shape index (κ1) is 13.9. The van der Waals surface area contributed by atoms with E-state index in [1.165, 1.54) is 16.2 Å². The zero-order valence-electron chi connectivity index (χ0n) is 10.6. The van der Waals surface area contributed by atoms with Crippen molar-refractivity contribution in [2.24, 2.45) is 0 Å². The Kier molecular flexibility index (Phi) is 3.58. The van der Waals surface area contributed by atoms with Crippen LogP contribution < -0.4 is 10.6 Å².